The van der Waals surface area contributed by atoms with Crippen molar-refractivity contribution in [2.45, 2.75) is 6.42 Å². The van der Waals surface area contributed by atoms with Crippen molar-refractivity contribution in [2.75, 3.05) is 19.0 Å². The van der Waals surface area contributed by atoms with Gasteiger partial charge in [0.25, 0.3) is 0 Å². The number of nitrogens with zero attached hydrogens (tertiary/aromatic N) is 4. The number of aromatic nitrogens is 5. The lowest BCUT2D eigenvalue weighted by Crippen LogP contribution is -2.09. The number of aromatic amines is 1. The Morgan fingerprint density at radius 1 is 1.00 bits per heavy atom. The monoisotopic (exact) mass is 372 g/mol. The second-order valence-corrected chi connectivity index (χ2v) is 6.15. The van der Waals surface area contributed by atoms with Gasteiger partial charge in [0.05, 0.1) is 18.4 Å². The number of methoxy groups -OCH3 is 1. The number of anilines is 1. The molecule has 0 aliphatic carbocycles. The summed E-state index contributed by atoms with van der Waals surface area (Å²) in [6.45, 7) is 0.728. The minimum Gasteiger partial charge on any atom is -0.497 e. The fourth-order valence-corrected chi connectivity index (χ4v) is 2.89. The summed E-state index contributed by atoms with van der Waals surface area (Å²) < 4.78 is 5.26. The van der Waals surface area contributed by atoms with Crippen molar-refractivity contribution in [3.8, 4) is 28.4 Å². The van der Waals surface area contributed by atoms with E-state index in [0.717, 1.165) is 41.4 Å². The fraction of sp³-hybridized carbons (Fsp3) is 0.143. The van der Waals surface area contributed by atoms with Gasteiger partial charge in [-0.05, 0) is 48.4 Å². The van der Waals surface area contributed by atoms with Gasteiger partial charge in [-0.2, -0.15) is 0 Å². The molecule has 2 N–H and O–H groups in total. The van der Waals surface area contributed by atoms with Crippen LogP contribution < -0.4 is 10.1 Å². The Labute approximate surface area is 162 Å². The zero-order valence-electron chi connectivity index (χ0n) is 15.5. The van der Waals surface area contributed by atoms with Crippen molar-refractivity contribution in [3.05, 3.63) is 72.9 Å². The third-order valence-corrected chi connectivity index (χ3v) is 4.35. The van der Waals surface area contributed by atoms with Gasteiger partial charge in [0.15, 0.2) is 0 Å². The lowest BCUT2D eigenvalue weighted by atomic mass is 10.1. The molecule has 3 heterocycles. The van der Waals surface area contributed by atoms with Crippen LogP contribution in [-0.2, 0) is 6.42 Å². The van der Waals surface area contributed by atoms with Crippen molar-refractivity contribution >= 4 is 5.95 Å². The van der Waals surface area contributed by atoms with Gasteiger partial charge in [-0.25, -0.2) is 15.0 Å². The quantitative estimate of drug-likeness (QED) is 0.515. The zero-order chi connectivity index (χ0) is 19.2. The minimum absolute atomic E-state index is 0.579. The summed E-state index contributed by atoms with van der Waals surface area (Å²) in [4.78, 5) is 20.7. The van der Waals surface area contributed by atoms with Gasteiger partial charge in [-0.1, -0.05) is 0 Å². The molecule has 0 atom stereocenters. The van der Waals surface area contributed by atoms with Crippen molar-refractivity contribution in [1.82, 2.24) is 24.9 Å². The Morgan fingerprint density at radius 3 is 2.54 bits per heavy atom. The van der Waals surface area contributed by atoms with Crippen LogP contribution in [0.25, 0.3) is 22.6 Å². The third-order valence-electron chi connectivity index (χ3n) is 4.35. The molecule has 28 heavy (non-hydrogen) atoms. The number of hydrogen-bond acceptors (Lipinski definition) is 6. The van der Waals surface area contributed by atoms with Gasteiger partial charge in [0.1, 0.15) is 11.6 Å². The maximum absolute atomic E-state index is 5.26. The average molecular weight is 372 g/mol. The summed E-state index contributed by atoms with van der Waals surface area (Å²) in [5, 5.41) is 3.30. The van der Waals surface area contributed by atoms with Crippen molar-refractivity contribution in [1.29, 1.82) is 0 Å². The van der Waals surface area contributed by atoms with Gasteiger partial charge in [-0.15, -0.1) is 0 Å². The number of hydrogen-bond donors (Lipinski definition) is 2. The van der Waals surface area contributed by atoms with E-state index in [9.17, 15) is 0 Å². The molecule has 0 spiro atoms. The highest BCUT2D eigenvalue weighted by atomic mass is 16.5. The van der Waals surface area contributed by atoms with E-state index < -0.39 is 0 Å². The molecule has 0 radical (unpaired) electrons. The van der Waals surface area contributed by atoms with Crippen LogP contribution in [0.4, 0.5) is 5.95 Å². The average Bonchev–Trinajstić information content (AvgIpc) is 3.29. The molecule has 0 saturated carbocycles. The first-order chi connectivity index (χ1) is 13.8. The Balaban J connectivity index is 1.60. The number of benzene rings is 1. The fourth-order valence-electron chi connectivity index (χ4n) is 2.89. The predicted molar refractivity (Wildman–Crippen MR) is 108 cm³/mol. The van der Waals surface area contributed by atoms with Crippen LogP contribution in [0.5, 0.6) is 5.75 Å². The van der Waals surface area contributed by atoms with Crippen LogP contribution in [0.2, 0.25) is 0 Å². The molecule has 0 amide bonds. The number of nitrogens with one attached hydrogen (secondary N) is 2. The summed E-state index contributed by atoms with van der Waals surface area (Å²) in [6.07, 6.45) is 9.75. The standard InChI is InChI=1S/C21H20N6O/c1-28-17-4-2-16(3-5-17)19-18(20-23-12-13-24-20)14-26-21(27-19)25-11-8-15-6-9-22-10-7-15/h2-7,9-10,12-14H,8,11H2,1H3,(H,23,24)(H,25,26,27). The van der Waals surface area contributed by atoms with Crippen LogP contribution in [0.15, 0.2) is 67.4 Å². The van der Waals surface area contributed by atoms with Crippen molar-refractivity contribution < 1.29 is 4.74 Å². The Kier molecular flexibility index (Phi) is 5.24. The van der Waals surface area contributed by atoms with Crippen molar-refractivity contribution in [3.63, 3.8) is 0 Å². The van der Waals surface area contributed by atoms with Crippen LogP contribution in [0.1, 0.15) is 5.56 Å². The Morgan fingerprint density at radius 2 is 1.82 bits per heavy atom. The molecule has 3 aromatic heterocycles. The first kappa shape index (κ1) is 17.7. The van der Waals surface area contributed by atoms with E-state index >= 15 is 0 Å². The van der Waals surface area contributed by atoms with Crippen LogP contribution in [0, 0.1) is 0 Å². The van der Waals surface area contributed by atoms with Gasteiger partial charge in [-0.3, -0.25) is 4.98 Å². The van der Waals surface area contributed by atoms with Gasteiger partial charge in [0, 0.05) is 43.1 Å². The lowest BCUT2D eigenvalue weighted by Gasteiger charge is -2.11. The predicted octanol–water partition coefficient (Wildman–Crippen LogP) is 3.59. The Bertz CT molecular complexity index is 1020. The molecule has 0 aliphatic heterocycles. The first-order valence-electron chi connectivity index (χ1n) is 8.97. The lowest BCUT2D eigenvalue weighted by molar-refractivity contribution is 0.415. The number of rotatable bonds is 7. The third kappa shape index (κ3) is 3.98. The number of imidazole rings is 1. The highest BCUT2D eigenvalue weighted by molar-refractivity contribution is 5.77. The summed E-state index contributed by atoms with van der Waals surface area (Å²) in [5.41, 5.74) is 3.82. The van der Waals surface area contributed by atoms with Gasteiger partial charge in [0.2, 0.25) is 5.95 Å². The largest absolute Gasteiger partial charge is 0.497 e. The molecule has 7 nitrogen and oxygen atoms in total. The van der Waals surface area contributed by atoms with E-state index in [1.54, 1.807) is 38.1 Å². The molecule has 1 aromatic carbocycles. The second-order valence-electron chi connectivity index (χ2n) is 6.15. The van der Waals surface area contributed by atoms with E-state index in [4.69, 9.17) is 9.72 Å². The normalized spacial score (nSPS) is 10.6. The number of ether oxygens (including phenoxy) is 1. The van der Waals surface area contributed by atoms with E-state index in [1.165, 1.54) is 5.56 Å². The number of H-pyrrole nitrogens is 1. The molecule has 0 saturated heterocycles. The highest BCUT2D eigenvalue weighted by Gasteiger charge is 2.13. The molecule has 4 rings (SSSR count). The van der Waals surface area contributed by atoms with Crippen molar-refractivity contribution in [2.24, 2.45) is 0 Å². The minimum atomic E-state index is 0.579. The van der Waals surface area contributed by atoms with E-state index in [-0.39, 0.29) is 0 Å². The van der Waals surface area contributed by atoms with E-state index in [1.807, 2.05) is 36.4 Å². The maximum Gasteiger partial charge on any atom is 0.223 e. The highest BCUT2D eigenvalue weighted by Crippen LogP contribution is 2.29. The SMILES string of the molecule is COc1ccc(-c2nc(NCCc3ccncc3)ncc2-c2ncc[nH]2)cc1. The Hall–Kier alpha value is -3.74. The molecular weight excluding hydrogens is 352 g/mol. The summed E-state index contributed by atoms with van der Waals surface area (Å²) in [6, 6.07) is 11.8. The molecular formula is C21H20N6O. The molecule has 140 valence electrons. The molecule has 0 fully saturated rings. The molecule has 4 aromatic rings. The molecule has 7 heteroatoms. The molecule has 0 aliphatic rings. The van der Waals surface area contributed by atoms with Gasteiger partial charge < -0.3 is 15.0 Å². The van der Waals surface area contributed by atoms with Gasteiger partial charge >= 0.3 is 0 Å². The summed E-state index contributed by atoms with van der Waals surface area (Å²) in [5.74, 6) is 2.11. The number of pyridine rings is 1. The smallest absolute Gasteiger partial charge is 0.223 e. The summed E-state index contributed by atoms with van der Waals surface area (Å²) in [7, 11) is 1.65. The topological polar surface area (TPSA) is 88.6 Å². The van der Waals surface area contributed by atoms with E-state index in [2.05, 4.69) is 25.3 Å². The van der Waals surface area contributed by atoms with Crippen LogP contribution >= 0.6 is 0 Å². The molecule has 0 unspecified atom stereocenters. The van der Waals surface area contributed by atoms with E-state index in [0.29, 0.717) is 5.95 Å². The second kappa shape index (κ2) is 8.30. The van der Waals surface area contributed by atoms with Crippen LogP contribution in [0.3, 0.4) is 0 Å². The van der Waals surface area contributed by atoms with Crippen LogP contribution in [-0.4, -0.2) is 38.6 Å². The maximum atomic E-state index is 5.26. The summed E-state index contributed by atoms with van der Waals surface area (Å²) >= 11 is 0. The first-order valence-corrected chi connectivity index (χ1v) is 8.97. The molecule has 0 bridgehead atoms. The zero-order valence-corrected chi connectivity index (χ0v) is 15.5.